The van der Waals surface area contributed by atoms with Gasteiger partial charge in [-0.1, -0.05) is 18.2 Å². The van der Waals surface area contributed by atoms with E-state index in [9.17, 15) is 9.18 Å². The molecule has 0 atom stereocenters. The molecule has 1 aromatic heterocycles. The van der Waals surface area contributed by atoms with Crippen LogP contribution in [0.4, 0.5) is 14.9 Å². The first kappa shape index (κ1) is 22.0. The lowest BCUT2D eigenvalue weighted by atomic mass is 10.2. The number of halogens is 1. The molecular formula is C24H26FN3O3. The number of amides is 2. The van der Waals surface area contributed by atoms with Crippen molar-refractivity contribution in [3.05, 3.63) is 90.5 Å². The van der Waals surface area contributed by atoms with Gasteiger partial charge in [0.15, 0.2) is 0 Å². The highest BCUT2D eigenvalue weighted by atomic mass is 19.1. The monoisotopic (exact) mass is 423 g/mol. The molecule has 0 saturated heterocycles. The van der Waals surface area contributed by atoms with Crippen molar-refractivity contribution in [3.63, 3.8) is 0 Å². The number of carbonyl (C=O) groups is 1. The van der Waals surface area contributed by atoms with E-state index in [-0.39, 0.29) is 11.8 Å². The summed E-state index contributed by atoms with van der Waals surface area (Å²) in [6, 6.07) is 15.2. The van der Waals surface area contributed by atoms with Crippen molar-refractivity contribution in [1.82, 2.24) is 9.47 Å². The largest absolute Gasteiger partial charge is 0.497 e. The number of urea groups is 1. The van der Waals surface area contributed by atoms with Gasteiger partial charge in [-0.05, 0) is 42.0 Å². The minimum atomic E-state index is -0.280. The van der Waals surface area contributed by atoms with E-state index >= 15 is 0 Å². The van der Waals surface area contributed by atoms with Crippen LogP contribution < -0.4 is 14.8 Å². The summed E-state index contributed by atoms with van der Waals surface area (Å²) in [5, 5.41) is 2.89. The molecule has 0 aliphatic heterocycles. The second-order valence-corrected chi connectivity index (χ2v) is 6.92. The molecule has 7 heteroatoms. The fourth-order valence-corrected chi connectivity index (χ4v) is 3.20. The molecule has 0 aliphatic rings. The van der Waals surface area contributed by atoms with Crippen molar-refractivity contribution in [2.24, 2.45) is 0 Å². The average Bonchev–Trinajstić information content (AvgIpc) is 3.21. The number of nitrogens with one attached hydrogen (secondary N) is 1. The zero-order valence-corrected chi connectivity index (χ0v) is 17.7. The van der Waals surface area contributed by atoms with Crippen LogP contribution in [0.2, 0.25) is 0 Å². The van der Waals surface area contributed by atoms with Crippen molar-refractivity contribution < 1.29 is 18.7 Å². The van der Waals surface area contributed by atoms with Crippen molar-refractivity contribution in [1.29, 1.82) is 0 Å². The summed E-state index contributed by atoms with van der Waals surface area (Å²) in [5.74, 6) is 0.877. The third kappa shape index (κ3) is 5.66. The van der Waals surface area contributed by atoms with Gasteiger partial charge in [0.1, 0.15) is 17.3 Å². The molecule has 6 nitrogen and oxygen atoms in total. The Kier molecular flexibility index (Phi) is 7.32. The first-order valence-electron chi connectivity index (χ1n) is 9.81. The van der Waals surface area contributed by atoms with Crippen LogP contribution >= 0.6 is 0 Å². The number of nitrogens with zero attached hydrogens (tertiary/aromatic N) is 2. The Morgan fingerprint density at radius 2 is 1.94 bits per heavy atom. The maximum Gasteiger partial charge on any atom is 0.322 e. The molecule has 0 bridgehead atoms. The van der Waals surface area contributed by atoms with Crippen molar-refractivity contribution in [2.75, 3.05) is 26.1 Å². The molecule has 2 amide bonds. The highest BCUT2D eigenvalue weighted by molar-refractivity contribution is 5.91. The predicted molar refractivity (Wildman–Crippen MR) is 119 cm³/mol. The van der Waals surface area contributed by atoms with Crippen LogP contribution in [0.1, 0.15) is 11.3 Å². The van der Waals surface area contributed by atoms with Crippen LogP contribution in [0.15, 0.2) is 73.4 Å². The van der Waals surface area contributed by atoms with Crippen molar-refractivity contribution in [2.45, 2.75) is 13.1 Å². The fourth-order valence-electron chi connectivity index (χ4n) is 3.20. The van der Waals surface area contributed by atoms with Gasteiger partial charge in [0, 0.05) is 31.0 Å². The van der Waals surface area contributed by atoms with Gasteiger partial charge in [0.25, 0.3) is 0 Å². The number of hydrogen-bond acceptors (Lipinski definition) is 3. The lowest BCUT2D eigenvalue weighted by molar-refractivity contribution is 0.213. The van der Waals surface area contributed by atoms with Gasteiger partial charge in [-0.3, -0.25) is 0 Å². The molecule has 1 N–H and O–H groups in total. The molecule has 1 heterocycles. The first-order valence-corrected chi connectivity index (χ1v) is 9.81. The SMILES string of the molecule is C=CCN(Cc1cccn1Cc1ccc(F)cc1)C(=O)Nc1ccc(OC)cc1OC. The smallest absolute Gasteiger partial charge is 0.322 e. The Bertz CT molecular complexity index is 1030. The Balaban J connectivity index is 1.74. The quantitative estimate of drug-likeness (QED) is 0.498. The van der Waals surface area contributed by atoms with Crippen LogP contribution in [0, 0.1) is 5.82 Å². The number of anilines is 1. The molecule has 3 rings (SSSR count). The number of benzene rings is 2. The van der Waals surface area contributed by atoms with Gasteiger partial charge in [0.05, 0.1) is 26.5 Å². The number of hydrogen-bond donors (Lipinski definition) is 1. The van der Waals surface area contributed by atoms with Gasteiger partial charge in [-0.15, -0.1) is 6.58 Å². The molecule has 0 radical (unpaired) electrons. The Labute approximate surface area is 181 Å². The maximum absolute atomic E-state index is 13.2. The Morgan fingerprint density at radius 3 is 2.61 bits per heavy atom. The number of rotatable bonds is 9. The number of ether oxygens (including phenoxy) is 2. The topological polar surface area (TPSA) is 55.7 Å². The normalized spacial score (nSPS) is 10.4. The van der Waals surface area contributed by atoms with E-state index < -0.39 is 0 Å². The Morgan fingerprint density at radius 1 is 1.16 bits per heavy atom. The van der Waals surface area contributed by atoms with Crippen molar-refractivity contribution >= 4 is 11.7 Å². The van der Waals surface area contributed by atoms with Gasteiger partial charge < -0.3 is 24.3 Å². The molecule has 3 aromatic rings. The summed E-state index contributed by atoms with van der Waals surface area (Å²) < 4.78 is 25.8. The third-order valence-corrected chi connectivity index (χ3v) is 4.83. The third-order valence-electron chi connectivity index (χ3n) is 4.83. The van der Waals surface area contributed by atoms with Crippen LogP contribution in [-0.2, 0) is 13.1 Å². The highest BCUT2D eigenvalue weighted by Crippen LogP contribution is 2.29. The van der Waals surface area contributed by atoms with Gasteiger partial charge >= 0.3 is 6.03 Å². The van der Waals surface area contributed by atoms with E-state index in [1.54, 1.807) is 48.4 Å². The van der Waals surface area contributed by atoms with E-state index in [4.69, 9.17) is 9.47 Å². The average molecular weight is 423 g/mol. The number of methoxy groups -OCH3 is 2. The van der Waals surface area contributed by atoms with E-state index in [0.717, 1.165) is 11.3 Å². The minimum absolute atomic E-state index is 0.265. The molecule has 0 fully saturated rings. The summed E-state index contributed by atoms with van der Waals surface area (Å²) in [6.07, 6.45) is 3.62. The van der Waals surface area contributed by atoms with E-state index in [1.165, 1.54) is 19.2 Å². The summed E-state index contributed by atoms with van der Waals surface area (Å²) >= 11 is 0. The number of aromatic nitrogens is 1. The first-order chi connectivity index (χ1) is 15.0. The lowest BCUT2D eigenvalue weighted by Crippen LogP contribution is -2.35. The summed E-state index contributed by atoms with van der Waals surface area (Å²) in [5.41, 5.74) is 2.47. The maximum atomic E-state index is 13.2. The second kappa shape index (κ2) is 10.3. The minimum Gasteiger partial charge on any atom is -0.497 e. The van der Waals surface area contributed by atoms with Gasteiger partial charge in [0.2, 0.25) is 0 Å². The van der Waals surface area contributed by atoms with Crippen molar-refractivity contribution in [3.8, 4) is 11.5 Å². The molecule has 31 heavy (non-hydrogen) atoms. The standard InChI is InChI=1S/C24H26FN3O3/c1-4-13-28(24(29)26-22-12-11-21(30-2)15-23(22)31-3)17-20-6-5-14-27(20)16-18-7-9-19(25)10-8-18/h4-12,14-15H,1,13,16-17H2,2-3H3,(H,26,29). The second-order valence-electron chi connectivity index (χ2n) is 6.92. The van der Waals surface area contributed by atoms with Crippen LogP contribution in [0.3, 0.4) is 0 Å². The van der Waals surface area contributed by atoms with E-state index in [0.29, 0.717) is 36.8 Å². The van der Waals surface area contributed by atoms with E-state index in [2.05, 4.69) is 11.9 Å². The summed E-state index contributed by atoms with van der Waals surface area (Å²) in [4.78, 5) is 14.6. The fraction of sp³-hybridized carbons (Fsp3) is 0.208. The molecule has 0 unspecified atom stereocenters. The zero-order chi connectivity index (χ0) is 22.2. The summed E-state index contributed by atoms with van der Waals surface area (Å²) in [6.45, 7) is 5.10. The van der Waals surface area contributed by atoms with Gasteiger partial charge in [-0.2, -0.15) is 0 Å². The summed E-state index contributed by atoms with van der Waals surface area (Å²) in [7, 11) is 3.11. The van der Waals surface area contributed by atoms with E-state index in [1.807, 2.05) is 22.9 Å². The van der Waals surface area contributed by atoms with Gasteiger partial charge in [-0.25, -0.2) is 9.18 Å². The molecule has 0 aliphatic carbocycles. The molecular weight excluding hydrogens is 397 g/mol. The number of carbonyl (C=O) groups excluding carboxylic acids is 1. The zero-order valence-electron chi connectivity index (χ0n) is 17.7. The van der Waals surface area contributed by atoms with Crippen LogP contribution in [-0.4, -0.2) is 36.3 Å². The molecule has 0 spiro atoms. The lowest BCUT2D eigenvalue weighted by Gasteiger charge is -2.23. The van der Waals surface area contributed by atoms with Crippen LogP contribution in [0.5, 0.6) is 11.5 Å². The molecule has 2 aromatic carbocycles. The molecule has 0 saturated carbocycles. The predicted octanol–water partition coefficient (Wildman–Crippen LogP) is 4.91. The highest BCUT2D eigenvalue weighted by Gasteiger charge is 2.17. The molecule has 162 valence electrons. The van der Waals surface area contributed by atoms with Crippen LogP contribution in [0.25, 0.3) is 0 Å². The Hall–Kier alpha value is -3.74.